The van der Waals surface area contributed by atoms with Crippen molar-refractivity contribution in [3.63, 3.8) is 0 Å². The number of aryl methyl sites for hydroxylation is 2. The van der Waals surface area contributed by atoms with Crippen molar-refractivity contribution in [1.29, 1.82) is 0 Å². The lowest BCUT2D eigenvalue weighted by Crippen LogP contribution is -2.20. The minimum absolute atomic E-state index is 0.177. The Bertz CT molecular complexity index is 1010. The largest absolute Gasteiger partial charge is 0.493 e. The molecule has 0 aliphatic rings. The van der Waals surface area contributed by atoms with E-state index in [9.17, 15) is 4.79 Å². The highest BCUT2D eigenvalue weighted by Gasteiger charge is 2.13. The molecule has 1 aromatic heterocycles. The van der Waals surface area contributed by atoms with E-state index in [1.807, 2.05) is 38.1 Å². The second kappa shape index (κ2) is 9.93. The van der Waals surface area contributed by atoms with Gasteiger partial charge in [-0.15, -0.1) is 0 Å². The van der Waals surface area contributed by atoms with Gasteiger partial charge in [-0.25, -0.2) is 4.68 Å². The quantitative estimate of drug-likeness (QED) is 0.536. The number of anilines is 2. The molecular formula is C20H23ClN6O3. The van der Waals surface area contributed by atoms with Gasteiger partial charge in [-0.05, 0) is 48.0 Å². The zero-order valence-corrected chi connectivity index (χ0v) is 17.7. The van der Waals surface area contributed by atoms with Crippen LogP contribution in [0.1, 0.15) is 18.1 Å². The molecule has 0 bridgehead atoms. The molecule has 0 saturated carbocycles. The van der Waals surface area contributed by atoms with Crippen LogP contribution >= 0.6 is 11.6 Å². The zero-order valence-electron chi connectivity index (χ0n) is 17.0. The van der Waals surface area contributed by atoms with Crippen molar-refractivity contribution in [2.24, 2.45) is 0 Å². The first kappa shape index (κ1) is 21.4. The van der Waals surface area contributed by atoms with E-state index in [-0.39, 0.29) is 12.5 Å². The number of hydrogen-bond donors (Lipinski definition) is 2. The summed E-state index contributed by atoms with van der Waals surface area (Å²) in [6, 6.07) is 10.9. The number of aromatic nitrogens is 4. The van der Waals surface area contributed by atoms with Crippen LogP contribution in [0.15, 0.2) is 36.4 Å². The zero-order chi connectivity index (χ0) is 21.5. The first-order valence-electron chi connectivity index (χ1n) is 9.36. The molecule has 3 aromatic rings. The van der Waals surface area contributed by atoms with E-state index in [2.05, 4.69) is 26.2 Å². The number of amides is 1. The lowest BCUT2D eigenvalue weighted by atomic mass is 10.2. The molecule has 0 aliphatic carbocycles. The van der Waals surface area contributed by atoms with E-state index >= 15 is 0 Å². The third-order valence-corrected chi connectivity index (χ3v) is 4.65. The SMILES string of the molecule is CCn1nnnc1NCc1cc(OC)c(OCC(=O)Nc2ccc(C)cc2)cc1Cl. The molecule has 0 spiro atoms. The molecule has 0 unspecified atom stereocenters. The average Bonchev–Trinajstić information content (AvgIpc) is 3.20. The van der Waals surface area contributed by atoms with Crippen LogP contribution in [0.5, 0.6) is 11.5 Å². The van der Waals surface area contributed by atoms with E-state index in [4.69, 9.17) is 21.1 Å². The Balaban J connectivity index is 1.63. The molecule has 0 radical (unpaired) electrons. The molecule has 0 aliphatic heterocycles. The molecular weight excluding hydrogens is 408 g/mol. The van der Waals surface area contributed by atoms with Crippen LogP contribution in [0.25, 0.3) is 0 Å². The number of nitrogens with zero attached hydrogens (tertiary/aromatic N) is 4. The van der Waals surface area contributed by atoms with Crippen LogP contribution in [0, 0.1) is 6.92 Å². The number of rotatable bonds is 9. The van der Waals surface area contributed by atoms with Crippen LogP contribution in [-0.2, 0) is 17.9 Å². The molecule has 1 amide bonds. The summed E-state index contributed by atoms with van der Waals surface area (Å²) < 4.78 is 12.7. The summed E-state index contributed by atoms with van der Waals surface area (Å²) >= 11 is 6.40. The van der Waals surface area contributed by atoms with Crippen molar-refractivity contribution >= 4 is 29.1 Å². The number of hydrogen-bond acceptors (Lipinski definition) is 7. The second-order valence-corrected chi connectivity index (χ2v) is 6.88. The number of ether oxygens (including phenoxy) is 2. The maximum atomic E-state index is 12.2. The number of tetrazole rings is 1. The summed E-state index contributed by atoms with van der Waals surface area (Å²) in [7, 11) is 1.53. The summed E-state index contributed by atoms with van der Waals surface area (Å²) in [6.07, 6.45) is 0. The van der Waals surface area contributed by atoms with Crippen LogP contribution in [0.2, 0.25) is 5.02 Å². The number of carbonyl (C=O) groups excluding carboxylic acids is 1. The molecule has 2 N–H and O–H groups in total. The fourth-order valence-electron chi connectivity index (χ4n) is 2.68. The van der Waals surface area contributed by atoms with Crippen LogP contribution in [0.3, 0.4) is 0 Å². The molecule has 0 atom stereocenters. The summed E-state index contributed by atoms with van der Waals surface area (Å²) in [5.41, 5.74) is 2.59. The summed E-state index contributed by atoms with van der Waals surface area (Å²) in [6.45, 7) is 4.78. The molecule has 30 heavy (non-hydrogen) atoms. The van der Waals surface area contributed by atoms with Crippen LogP contribution in [-0.4, -0.2) is 39.8 Å². The van der Waals surface area contributed by atoms with Crippen molar-refractivity contribution in [3.05, 3.63) is 52.5 Å². The van der Waals surface area contributed by atoms with Gasteiger partial charge < -0.3 is 20.1 Å². The van der Waals surface area contributed by atoms with E-state index in [1.54, 1.807) is 16.8 Å². The minimum atomic E-state index is -0.283. The van der Waals surface area contributed by atoms with Crippen molar-refractivity contribution < 1.29 is 14.3 Å². The normalized spacial score (nSPS) is 10.5. The van der Waals surface area contributed by atoms with Crippen molar-refractivity contribution in [1.82, 2.24) is 20.2 Å². The number of nitrogens with one attached hydrogen (secondary N) is 2. The van der Waals surface area contributed by atoms with Gasteiger partial charge in [0.05, 0.1) is 7.11 Å². The van der Waals surface area contributed by atoms with Crippen LogP contribution in [0.4, 0.5) is 11.6 Å². The highest BCUT2D eigenvalue weighted by Crippen LogP contribution is 2.33. The Morgan fingerprint density at radius 3 is 2.67 bits per heavy atom. The van der Waals surface area contributed by atoms with Crippen molar-refractivity contribution in [3.8, 4) is 11.5 Å². The molecule has 10 heteroatoms. The standard InChI is InChI=1S/C20H23ClN6O3/c1-4-27-20(24-25-26-27)22-11-14-9-17(29-3)18(10-16(14)21)30-12-19(28)23-15-7-5-13(2)6-8-15/h5-10H,4,11-12H2,1-3H3,(H,23,28)(H,22,24,26). The van der Waals surface area contributed by atoms with Crippen molar-refractivity contribution in [2.75, 3.05) is 24.4 Å². The summed E-state index contributed by atoms with van der Waals surface area (Å²) in [5.74, 6) is 1.10. The molecule has 2 aromatic carbocycles. The van der Waals surface area contributed by atoms with Crippen molar-refractivity contribution in [2.45, 2.75) is 26.9 Å². The maximum Gasteiger partial charge on any atom is 0.262 e. The van der Waals surface area contributed by atoms with E-state index in [0.29, 0.717) is 41.2 Å². The van der Waals surface area contributed by atoms with E-state index in [1.165, 1.54) is 7.11 Å². The number of carbonyl (C=O) groups is 1. The van der Waals surface area contributed by atoms with E-state index in [0.717, 1.165) is 11.1 Å². The van der Waals surface area contributed by atoms with Gasteiger partial charge in [-0.2, -0.15) is 0 Å². The Morgan fingerprint density at radius 1 is 1.20 bits per heavy atom. The lowest BCUT2D eigenvalue weighted by molar-refractivity contribution is -0.118. The van der Waals surface area contributed by atoms with Crippen LogP contribution < -0.4 is 20.1 Å². The molecule has 9 nitrogen and oxygen atoms in total. The predicted molar refractivity (Wildman–Crippen MR) is 114 cm³/mol. The third-order valence-electron chi connectivity index (χ3n) is 4.30. The average molecular weight is 431 g/mol. The molecule has 0 saturated heterocycles. The van der Waals surface area contributed by atoms with Gasteiger partial charge in [0.25, 0.3) is 5.91 Å². The van der Waals surface area contributed by atoms with Gasteiger partial charge in [0.15, 0.2) is 18.1 Å². The number of halogens is 1. The molecule has 1 heterocycles. The minimum Gasteiger partial charge on any atom is -0.493 e. The third kappa shape index (κ3) is 5.38. The Labute approximate surface area is 179 Å². The second-order valence-electron chi connectivity index (χ2n) is 6.47. The van der Waals surface area contributed by atoms with Gasteiger partial charge in [-0.3, -0.25) is 4.79 Å². The predicted octanol–water partition coefficient (Wildman–Crippen LogP) is 3.29. The lowest BCUT2D eigenvalue weighted by Gasteiger charge is -2.14. The highest BCUT2D eigenvalue weighted by atomic mass is 35.5. The van der Waals surface area contributed by atoms with Gasteiger partial charge >= 0.3 is 0 Å². The number of benzene rings is 2. The van der Waals surface area contributed by atoms with Gasteiger partial charge in [-0.1, -0.05) is 34.4 Å². The van der Waals surface area contributed by atoms with Gasteiger partial charge in [0.1, 0.15) is 0 Å². The summed E-state index contributed by atoms with van der Waals surface area (Å²) in [4.78, 5) is 12.2. The van der Waals surface area contributed by atoms with E-state index < -0.39 is 0 Å². The first-order valence-corrected chi connectivity index (χ1v) is 9.73. The smallest absolute Gasteiger partial charge is 0.262 e. The fourth-order valence-corrected chi connectivity index (χ4v) is 2.90. The molecule has 158 valence electrons. The monoisotopic (exact) mass is 430 g/mol. The Kier molecular flexibility index (Phi) is 7.08. The number of methoxy groups -OCH3 is 1. The fraction of sp³-hybridized carbons (Fsp3) is 0.300. The molecule has 0 fully saturated rings. The Morgan fingerprint density at radius 2 is 1.97 bits per heavy atom. The van der Waals surface area contributed by atoms with Gasteiger partial charge in [0, 0.05) is 29.9 Å². The highest BCUT2D eigenvalue weighted by molar-refractivity contribution is 6.31. The maximum absolute atomic E-state index is 12.2. The Hall–Kier alpha value is -3.33. The topological polar surface area (TPSA) is 103 Å². The molecule has 3 rings (SSSR count). The van der Waals surface area contributed by atoms with Gasteiger partial charge in [0.2, 0.25) is 5.95 Å². The first-order chi connectivity index (χ1) is 14.5. The summed E-state index contributed by atoms with van der Waals surface area (Å²) in [5, 5.41) is 17.8.